The fourth-order valence-corrected chi connectivity index (χ4v) is 5.00. The summed E-state index contributed by atoms with van der Waals surface area (Å²) in [6.45, 7) is 1.87. The van der Waals surface area contributed by atoms with Crippen LogP contribution in [0, 0.1) is 6.92 Å². The number of ether oxygens (including phenoxy) is 1. The van der Waals surface area contributed by atoms with Crippen LogP contribution in [0.1, 0.15) is 48.0 Å². The largest absolute Gasteiger partial charge is 0.465 e. The second-order valence-corrected chi connectivity index (χ2v) is 9.20. The van der Waals surface area contributed by atoms with Gasteiger partial charge in [-0.15, -0.1) is 0 Å². The van der Waals surface area contributed by atoms with Crippen LogP contribution in [0.25, 0.3) is 16.6 Å². The van der Waals surface area contributed by atoms with Gasteiger partial charge in [0, 0.05) is 17.1 Å². The molecule has 7 nitrogen and oxygen atoms in total. The van der Waals surface area contributed by atoms with Crippen molar-refractivity contribution in [1.82, 2.24) is 9.78 Å². The number of hydrogen-bond acceptors (Lipinski definition) is 4. The number of amides is 2. The number of nitrogens with zero attached hydrogens (tertiary/aromatic N) is 3. The van der Waals surface area contributed by atoms with Gasteiger partial charge in [0.25, 0.3) is 0 Å². The molecule has 1 aliphatic rings. The Morgan fingerprint density at radius 1 is 0.972 bits per heavy atom. The number of carbonyl (C=O) groups is 2. The van der Waals surface area contributed by atoms with Gasteiger partial charge < -0.3 is 10.1 Å². The molecule has 3 aromatic carbocycles. The van der Waals surface area contributed by atoms with Gasteiger partial charge >= 0.3 is 12.0 Å². The highest BCUT2D eigenvalue weighted by Crippen LogP contribution is 2.35. The van der Waals surface area contributed by atoms with Crippen LogP contribution in [-0.4, -0.2) is 34.9 Å². The Morgan fingerprint density at radius 2 is 1.69 bits per heavy atom. The molecule has 1 aliphatic carbocycles. The van der Waals surface area contributed by atoms with Crippen LogP contribution in [0.15, 0.2) is 72.8 Å². The van der Waals surface area contributed by atoms with E-state index in [9.17, 15) is 9.59 Å². The lowest BCUT2D eigenvalue weighted by Gasteiger charge is -2.34. The number of aryl methyl sites for hydroxylation is 1. The summed E-state index contributed by atoms with van der Waals surface area (Å²) in [5.74, 6) is 0.364. The topological polar surface area (TPSA) is 76.5 Å². The van der Waals surface area contributed by atoms with Crippen LogP contribution in [0.2, 0.25) is 0 Å². The van der Waals surface area contributed by atoms with Gasteiger partial charge in [-0.3, -0.25) is 4.90 Å². The lowest BCUT2D eigenvalue weighted by Crippen LogP contribution is -2.45. The van der Waals surface area contributed by atoms with Crippen molar-refractivity contribution in [2.24, 2.45) is 0 Å². The zero-order chi connectivity index (χ0) is 25.1. The SMILES string of the molecule is COC(=O)c1ccc(NC(=O)N(c2c3ccccc3nn2-c2ccccc2)C2CCCCC2)c(C)c1. The molecule has 0 radical (unpaired) electrons. The molecule has 1 fully saturated rings. The van der Waals surface area contributed by atoms with Crippen LogP contribution < -0.4 is 10.2 Å². The number of fused-ring (bicyclic) bond motifs is 1. The van der Waals surface area contributed by atoms with Crippen LogP contribution in [-0.2, 0) is 4.74 Å². The summed E-state index contributed by atoms with van der Waals surface area (Å²) in [5, 5.41) is 8.94. The normalized spacial score (nSPS) is 13.9. The van der Waals surface area contributed by atoms with Gasteiger partial charge in [-0.1, -0.05) is 49.6 Å². The number of methoxy groups -OCH3 is 1. The highest BCUT2D eigenvalue weighted by atomic mass is 16.5. The third kappa shape index (κ3) is 4.56. The van der Waals surface area contributed by atoms with Crippen LogP contribution in [0.3, 0.4) is 0 Å². The van der Waals surface area contributed by atoms with Crippen LogP contribution in [0.4, 0.5) is 16.3 Å². The third-order valence-corrected chi connectivity index (χ3v) is 6.83. The first-order valence-corrected chi connectivity index (χ1v) is 12.4. The predicted octanol–water partition coefficient (Wildman–Crippen LogP) is 6.49. The van der Waals surface area contributed by atoms with E-state index in [0.29, 0.717) is 11.3 Å². The summed E-state index contributed by atoms with van der Waals surface area (Å²) in [7, 11) is 1.36. The van der Waals surface area contributed by atoms with E-state index in [4.69, 9.17) is 9.84 Å². The Hall–Kier alpha value is -4.13. The van der Waals surface area contributed by atoms with Crippen molar-refractivity contribution in [1.29, 1.82) is 0 Å². The smallest absolute Gasteiger partial charge is 0.337 e. The molecule has 0 unspecified atom stereocenters. The van der Waals surface area contributed by atoms with Crippen molar-refractivity contribution in [3.63, 3.8) is 0 Å². The van der Waals surface area contributed by atoms with Crippen molar-refractivity contribution in [2.45, 2.75) is 45.1 Å². The maximum absolute atomic E-state index is 14.0. The number of esters is 1. The number of nitrogens with one attached hydrogen (secondary N) is 1. The van der Waals surface area contributed by atoms with Gasteiger partial charge in [-0.25, -0.2) is 14.3 Å². The van der Waals surface area contributed by atoms with E-state index in [2.05, 4.69) is 5.32 Å². The minimum Gasteiger partial charge on any atom is -0.465 e. The van der Waals surface area contributed by atoms with Gasteiger partial charge in [-0.2, -0.15) is 5.10 Å². The van der Waals surface area contributed by atoms with Crippen molar-refractivity contribution in [3.8, 4) is 5.69 Å². The molecule has 5 rings (SSSR count). The predicted molar refractivity (Wildman–Crippen MR) is 142 cm³/mol. The number of para-hydroxylation sites is 1. The Kier molecular flexibility index (Phi) is 6.71. The second kappa shape index (κ2) is 10.2. The van der Waals surface area contributed by atoms with E-state index in [1.807, 2.05) is 71.1 Å². The number of benzene rings is 3. The molecule has 0 atom stereocenters. The molecule has 4 aromatic rings. The number of carbonyl (C=O) groups excluding carboxylic acids is 2. The quantitative estimate of drug-likeness (QED) is 0.330. The number of hydrogen-bond donors (Lipinski definition) is 1. The van der Waals surface area contributed by atoms with E-state index >= 15 is 0 Å². The Bertz CT molecular complexity index is 1390. The van der Waals surface area contributed by atoms with E-state index in [1.165, 1.54) is 13.5 Å². The molecule has 1 N–H and O–H groups in total. The highest BCUT2D eigenvalue weighted by molar-refractivity contribution is 6.07. The molecule has 1 heterocycles. The first-order valence-electron chi connectivity index (χ1n) is 12.4. The van der Waals surface area contributed by atoms with Crippen molar-refractivity contribution in [3.05, 3.63) is 83.9 Å². The fraction of sp³-hybridized carbons (Fsp3) is 0.276. The van der Waals surface area contributed by atoms with Crippen LogP contribution >= 0.6 is 0 Å². The minimum absolute atomic E-state index is 0.0518. The number of anilines is 2. The number of rotatable bonds is 5. The third-order valence-electron chi connectivity index (χ3n) is 6.83. The molecule has 0 spiro atoms. The second-order valence-electron chi connectivity index (χ2n) is 9.20. The van der Waals surface area contributed by atoms with Gasteiger partial charge in [0.1, 0.15) is 5.82 Å². The summed E-state index contributed by atoms with van der Waals surface area (Å²) in [4.78, 5) is 27.9. The average molecular weight is 483 g/mol. The van der Waals surface area contributed by atoms with Gasteiger partial charge in [0.05, 0.1) is 23.9 Å². The van der Waals surface area contributed by atoms with E-state index in [-0.39, 0.29) is 12.1 Å². The Balaban J connectivity index is 1.60. The average Bonchev–Trinajstić information content (AvgIpc) is 3.30. The maximum atomic E-state index is 14.0. The number of urea groups is 1. The number of aromatic nitrogens is 2. The van der Waals surface area contributed by atoms with Crippen molar-refractivity contribution in [2.75, 3.05) is 17.3 Å². The molecule has 1 aromatic heterocycles. The Labute approximate surface area is 210 Å². The first-order chi connectivity index (χ1) is 17.6. The van der Waals surface area contributed by atoms with Crippen molar-refractivity contribution < 1.29 is 14.3 Å². The molecule has 2 amide bonds. The maximum Gasteiger partial charge on any atom is 0.337 e. The van der Waals surface area contributed by atoms with Gasteiger partial charge in [0.2, 0.25) is 0 Å². The summed E-state index contributed by atoms with van der Waals surface area (Å²) >= 11 is 0. The molecular formula is C29H30N4O3. The lowest BCUT2D eigenvalue weighted by atomic mass is 9.94. The molecule has 1 saturated carbocycles. The zero-order valence-corrected chi connectivity index (χ0v) is 20.6. The first kappa shape index (κ1) is 23.6. The van der Waals surface area contributed by atoms with E-state index in [1.54, 1.807) is 18.2 Å². The monoisotopic (exact) mass is 482 g/mol. The molecule has 0 bridgehead atoms. The molecule has 0 aliphatic heterocycles. The fourth-order valence-electron chi connectivity index (χ4n) is 5.00. The summed E-state index contributed by atoms with van der Waals surface area (Å²) < 4.78 is 6.71. The van der Waals surface area contributed by atoms with Crippen LogP contribution in [0.5, 0.6) is 0 Å². The van der Waals surface area contributed by atoms with E-state index in [0.717, 1.165) is 53.7 Å². The highest BCUT2D eigenvalue weighted by Gasteiger charge is 2.32. The molecular weight excluding hydrogens is 452 g/mol. The zero-order valence-electron chi connectivity index (χ0n) is 20.6. The summed E-state index contributed by atoms with van der Waals surface area (Å²) in [6.07, 6.45) is 5.21. The molecule has 7 heteroatoms. The van der Waals surface area contributed by atoms with Crippen molar-refractivity contribution >= 4 is 34.4 Å². The lowest BCUT2D eigenvalue weighted by molar-refractivity contribution is 0.0600. The Morgan fingerprint density at radius 3 is 2.42 bits per heavy atom. The summed E-state index contributed by atoms with van der Waals surface area (Å²) in [5.41, 5.74) is 3.63. The molecule has 36 heavy (non-hydrogen) atoms. The molecule has 184 valence electrons. The van der Waals surface area contributed by atoms with Gasteiger partial charge in [-0.05, 0) is 67.8 Å². The minimum atomic E-state index is -0.405. The molecule has 0 saturated heterocycles. The standard InChI is InChI=1S/C29H30N4O3/c1-20-19-21(28(34)36-2)17-18-25(20)30-29(35)32(22-11-5-3-6-12-22)27-24-15-9-10-16-26(24)31-33(27)23-13-7-4-8-14-23/h4,7-10,13-19,22H,3,5-6,11-12H2,1-2H3,(H,30,35). The van der Waals surface area contributed by atoms with Gasteiger partial charge in [0.15, 0.2) is 0 Å². The summed E-state index contributed by atoms with van der Waals surface area (Å²) in [6, 6.07) is 22.9. The van der Waals surface area contributed by atoms with E-state index < -0.39 is 5.97 Å².